The second kappa shape index (κ2) is 8.29. The van der Waals surface area contributed by atoms with Gasteiger partial charge in [-0.25, -0.2) is 4.79 Å². The Balaban J connectivity index is 2.49. The Kier molecular flexibility index (Phi) is 6.64. The Hall–Kier alpha value is -1.84. The van der Waals surface area contributed by atoms with Crippen molar-refractivity contribution in [3.8, 4) is 0 Å². The lowest BCUT2D eigenvalue weighted by Crippen LogP contribution is -2.40. The quantitative estimate of drug-likeness (QED) is 0.709. The summed E-state index contributed by atoms with van der Waals surface area (Å²) >= 11 is 0. The molecule has 0 fully saturated rings. The number of hydrogen-bond donors (Lipinski definition) is 2. The molecule has 1 amide bonds. The molecule has 1 aromatic rings. The van der Waals surface area contributed by atoms with Crippen molar-refractivity contribution in [3.05, 3.63) is 35.9 Å². The van der Waals surface area contributed by atoms with E-state index in [1.54, 1.807) is 24.3 Å². The van der Waals surface area contributed by atoms with Crippen LogP contribution in [-0.4, -0.2) is 23.0 Å². The molecule has 4 nitrogen and oxygen atoms in total. The minimum absolute atomic E-state index is 0.330. The van der Waals surface area contributed by atoms with Gasteiger partial charge in [-0.15, -0.1) is 0 Å². The van der Waals surface area contributed by atoms with Gasteiger partial charge in [0.1, 0.15) is 6.04 Å². The molecule has 1 atom stereocenters. The van der Waals surface area contributed by atoms with Crippen molar-refractivity contribution in [3.63, 3.8) is 0 Å². The predicted octanol–water partition coefficient (Wildman–Crippen LogP) is 2.84. The van der Waals surface area contributed by atoms with E-state index in [-0.39, 0.29) is 5.91 Å². The van der Waals surface area contributed by atoms with Gasteiger partial charge in [0.2, 0.25) is 0 Å². The number of hydrogen-bond acceptors (Lipinski definition) is 2. The minimum Gasteiger partial charge on any atom is -0.480 e. The molecule has 0 aliphatic rings. The number of unbranched alkanes of at least 4 members (excludes halogenated alkanes) is 3. The first kappa shape index (κ1) is 15.2. The van der Waals surface area contributed by atoms with Crippen molar-refractivity contribution in [2.24, 2.45) is 0 Å². The SMILES string of the molecule is CCCCCCC(NC(=O)c1ccccc1)C(=O)O. The van der Waals surface area contributed by atoms with Crippen LogP contribution in [0.2, 0.25) is 0 Å². The summed E-state index contributed by atoms with van der Waals surface area (Å²) in [5.41, 5.74) is 0.488. The number of benzene rings is 1. The first-order valence-corrected chi connectivity index (χ1v) is 6.74. The standard InChI is InChI=1S/C15H21NO3/c1-2-3-4-8-11-13(15(18)19)16-14(17)12-9-6-5-7-10-12/h5-7,9-10,13H,2-4,8,11H2,1H3,(H,16,17)(H,18,19). The largest absolute Gasteiger partial charge is 0.480 e. The number of nitrogens with one attached hydrogen (secondary N) is 1. The molecule has 0 radical (unpaired) electrons. The second-order valence-corrected chi connectivity index (χ2v) is 4.58. The molecule has 0 aliphatic heterocycles. The highest BCUT2D eigenvalue weighted by atomic mass is 16.4. The Labute approximate surface area is 113 Å². The van der Waals surface area contributed by atoms with Gasteiger partial charge in [0, 0.05) is 5.56 Å². The van der Waals surface area contributed by atoms with Gasteiger partial charge in [0.25, 0.3) is 5.91 Å². The van der Waals surface area contributed by atoms with E-state index < -0.39 is 12.0 Å². The number of carbonyl (C=O) groups is 2. The predicted molar refractivity (Wildman–Crippen MR) is 74.1 cm³/mol. The lowest BCUT2D eigenvalue weighted by atomic mass is 10.1. The fourth-order valence-corrected chi connectivity index (χ4v) is 1.86. The molecule has 4 heteroatoms. The summed E-state index contributed by atoms with van der Waals surface area (Å²) in [6.07, 6.45) is 4.50. The van der Waals surface area contributed by atoms with Crippen LogP contribution in [-0.2, 0) is 4.79 Å². The van der Waals surface area contributed by atoms with Crippen molar-refractivity contribution in [1.82, 2.24) is 5.32 Å². The molecule has 0 saturated heterocycles. The zero-order valence-corrected chi connectivity index (χ0v) is 11.3. The lowest BCUT2D eigenvalue weighted by Gasteiger charge is -2.14. The number of aliphatic carboxylic acids is 1. The summed E-state index contributed by atoms with van der Waals surface area (Å²) in [5, 5.41) is 11.7. The Morgan fingerprint density at radius 3 is 2.42 bits per heavy atom. The van der Waals surface area contributed by atoms with Crippen LogP contribution in [0.25, 0.3) is 0 Å². The molecular formula is C15H21NO3. The molecule has 19 heavy (non-hydrogen) atoms. The smallest absolute Gasteiger partial charge is 0.326 e. The Bertz CT molecular complexity index is 403. The molecule has 0 saturated carbocycles. The maximum Gasteiger partial charge on any atom is 0.326 e. The van der Waals surface area contributed by atoms with Crippen molar-refractivity contribution < 1.29 is 14.7 Å². The van der Waals surface area contributed by atoms with E-state index in [4.69, 9.17) is 5.11 Å². The van der Waals surface area contributed by atoms with Gasteiger partial charge in [-0.1, -0.05) is 50.8 Å². The Morgan fingerprint density at radius 2 is 1.84 bits per heavy atom. The van der Waals surface area contributed by atoms with Crippen molar-refractivity contribution in [2.75, 3.05) is 0 Å². The molecule has 0 aromatic heterocycles. The van der Waals surface area contributed by atoms with Gasteiger partial charge < -0.3 is 10.4 Å². The average Bonchev–Trinajstić information content (AvgIpc) is 2.42. The van der Waals surface area contributed by atoms with Crippen LogP contribution in [0.5, 0.6) is 0 Å². The van der Waals surface area contributed by atoms with Crippen molar-refractivity contribution in [1.29, 1.82) is 0 Å². The van der Waals surface area contributed by atoms with Crippen LogP contribution in [0, 0.1) is 0 Å². The van der Waals surface area contributed by atoms with E-state index in [0.29, 0.717) is 12.0 Å². The summed E-state index contributed by atoms with van der Waals surface area (Å²) in [5.74, 6) is -1.30. The highest BCUT2D eigenvalue weighted by Crippen LogP contribution is 2.07. The molecule has 1 unspecified atom stereocenters. The normalized spacial score (nSPS) is 11.8. The lowest BCUT2D eigenvalue weighted by molar-refractivity contribution is -0.139. The van der Waals surface area contributed by atoms with E-state index in [9.17, 15) is 9.59 Å². The number of carboxylic acid groups (broad SMARTS) is 1. The first-order valence-electron chi connectivity index (χ1n) is 6.74. The summed E-state index contributed by atoms with van der Waals surface area (Å²) in [4.78, 5) is 23.0. The molecular weight excluding hydrogens is 242 g/mol. The molecule has 104 valence electrons. The summed E-state index contributed by atoms with van der Waals surface area (Å²) in [7, 11) is 0. The number of amides is 1. The van der Waals surface area contributed by atoms with Gasteiger partial charge in [0.05, 0.1) is 0 Å². The van der Waals surface area contributed by atoms with E-state index in [2.05, 4.69) is 12.2 Å². The third-order valence-corrected chi connectivity index (χ3v) is 2.99. The van der Waals surface area contributed by atoms with Gasteiger partial charge >= 0.3 is 5.97 Å². The van der Waals surface area contributed by atoms with E-state index in [0.717, 1.165) is 25.7 Å². The zero-order chi connectivity index (χ0) is 14.1. The summed E-state index contributed by atoms with van der Waals surface area (Å²) in [6, 6.07) is 7.87. The molecule has 0 spiro atoms. The number of carbonyl (C=O) groups excluding carboxylic acids is 1. The van der Waals surface area contributed by atoms with Crippen LogP contribution in [0.15, 0.2) is 30.3 Å². The maximum absolute atomic E-state index is 11.9. The number of carboxylic acids is 1. The van der Waals surface area contributed by atoms with E-state index in [1.165, 1.54) is 0 Å². The van der Waals surface area contributed by atoms with Crippen molar-refractivity contribution in [2.45, 2.75) is 45.1 Å². The monoisotopic (exact) mass is 263 g/mol. The van der Waals surface area contributed by atoms with Crippen molar-refractivity contribution >= 4 is 11.9 Å². The average molecular weight is 263 g/mol. The second-order valence-electron chi connectivity index (χ2n) is 4.58. The van der Waals surface area contributed by atoms with E-state index >= 15 is 0 Å². The molecule has 0 heterocycles. The highest BCUT2D eigenvalue weighted by molar-refractivity contribution is 5.96. The van der Waals surface area contributed by atoms with Crippen LogP contribution in [0.4, 0.5) is 0 Å². The van der Waals surface area contributed by atoms with Crippen LogP contribution >= 0.6 is 0 Å². The summed E-state index contributed by atoms with van der Waals surface area (Å²) < 4.78 is 0. The first-order chi connectivity index (χ1) is 9.15. The van der Waals surface area contributed by atoms with E-state index in [1.807, 2.05) is 6.07 Å². The molecule has 2 N–H and O–H groups in total. The van der Waals surface area contributed by atoms with Crippen LogP contribution < -0.4 is 5.32 Å². The maximum atomic E-state index is 11.9. The topological polar surface area (TPSA) is 66.4 Å². The number of rotatable bonds is 8. The molecule has 1 aromatic carbocycles. The molecule has 1 rings (SSSR count). The third kappa shape index (κ3) is 5.55. The van der Waals surface area contributed by atoms with Gasteiger partial charge in [0.15, 0.2) is 0 Å². The van der Waals surface area contributed by atoms with Gasteiger partial charge in [-0.2, -0.15) is 0 Å². The summed E-state index contributed by atoms with van der Waals surface area (Å²) in [6.45, 7) is 2.10. The Morgan fingerprint density at radius 1 is 1.16 bits per heavy atom. The zero-order valence-electron chi connectivity index (χ0n) is 11.3. The molecule has 0 bridgehead atoms. The highest BCUT2D eigenvalue weighted by Gasteiger charge is 2.19. The third-order valence-electron chi connectivity index (χ3n) is 2.99. The fourth-order valence-electron chi connectivity index (χ4n) is 1.86. The minimum atomic E-state index is -0.972. The molecule has 0 aliphatic carbocycles. The van der Waals surface area contributed by atoms with Gasteiger partial charge in [-0.3, -0.25) is 4.79 Å². The van der Waals surface area contributed by atoms with Gasteiger partial charge in [-0.05, 0) is 18.6 Å². The fraction of sp³-hybridized carbons (Fsp3) is 0.467. The van der Waals surface area contributed by atoms with Crippen LogP contribution in [0.1, 0.15) is 49.4 Å². The van der Waals surface area contributed by atoms with Crippen LogP contribution in [0.3, 0.4) is 0 Å².